The summed E-state index contributed by atoms with van der Waals surface area (Å²) in [6, 6.07) is 7.92. The summed E-state index contributed by atoms with van der Waals surface area (Å²) in [6.45, 7) is 3.18. The molecule has 0 atom stereocenters. The van der Waals surface area contributed by atoms with E-state index in [1.54, 1.807) is 0 Å². The summed E-state index contributed by atoms with van der Waals surface area (Å²) in [5.41, 5.74) is 1.19. The first-order chi connectivity index (χ1) is 8.70. The van der Waals surface area contributed by atoms with Gasteiger partial charge in [0.05, 0.1) is 12.0 Å². The molecule has 0 amide bonds. The van der Waals surface area contributed by atoms with Crippen molar-refractivity contribution in [2.75, 3.05) is 18.8 Å². The van der Waals surface area contributed by atoms with E-state index >= 15 is 0 Å². The highest BCUT2D eigenvalue weighted by Crippen LogP contribution is 2.16. The Morgan fingerprint density at radius 3 is 2.89 bits per heavy atom. The van der Waals surface area contributed by atoms with E-state index in [2.05, 4.69) is 11.4 Å². The fourth-order valence-corrected chi connectivity index (χ4v) is 2.18. The Balaban J connectivity index is 1.99. The van der Waals surface area contributed by atoms with Gasteiger partial charge in [-0.25, -0.2) is 0 Å². The number of benzene rings is 1. The number of carbonyl (C=O) groups is 1. The highest BCUT2D eigenvalue weighted by atomic mass is 35.5. The standard InChI is InChI=1S/C13H18ClNO2S/c1-11(16)17-18-10-9-15-8-4-6-12-5-2-3-7-13(12)14/h2-3,5,7,15H,4,6,8-10H2,1H3. The molecule has 1 rings (SSSR count). The topological polar surface area (TPSA) is 38.3 Å². The normalized spacial score (nSPS) is 10.3. The van der Waals surface area contributed by atoms with Crippen LogP contribution in [0.25, 0.3) is 0 Å². The number of carbonyl (C=O) groups excluding carboxylic acids is 1. The largest absolute Gasteiger partial charge is 0.392 e. The van der Waals surface area contributed by atoms with Gasteiger partial charge >= 0.3 is 5.97 Å². The van der Waals surface area contributed by atoms with Crippen molar-refractivity contribution in [1.29, 1.82) is 0 Å². The van der Waals surface area contributed by atoms with Crippen LogP contribution < -0.4 is 5.32 Å². The van der Waals surface area contributed by atoms with Gasteiger partial charge in [-0.2, -0.15) is 0 Å². The molecule has 0 aliphatic carbocycles. The number of hydrogen-bond acceptors (Lipinski definition) is 4. The third kappa shape index (κ3) is 6.89. The molecule has 100 valence electrons. The first-order valence-corrected chi connectivity index (χ1v) is 7.23. The van der Waals surface area contributed by atoms with Crippen molar-refractivity contribution < 1.29 is 8.98 Å². The third-order valence-corrected chi connectivity index (χ3v) is 3.39. The van der Waals surface area contributed by atoms with Gasteiger partial charge in [0.1, 0.15) is 0 Å². The molecule has 0 heterocycles. The quantitative estimate of drug-likeness (QED) is 0.589. The smallest absolute Gasteiger partial charge is 0.314 e. The number of aryl methyl sites for hydroxylation is 1. The van der Waals surface area contributed by atoms with Crippen LogP contribution >= 0.6 is 23.6 Å². The van der Waals surface area contributed by atoms with Gasteiger partial charge < -0.3 is 9.50 Å². The molecule has 0 saturated heterocycles. The van der Waals surface area contributed by atoms with Crippen molar-refractivity contribution >= 4 is 29.6 Å². The van der Waals surface area contributed by atoms with Gasteiger partial charge in [-0.3, -0.25) is 4.79 Å². The molecule has 0 fully saturated rings. The third-order valence-electron chi connectivity index (χ3n) is 2.30. The monoisotopic (exact) mass is 287 g/mol. The van der Waals surface area contributed by atoms with E-state index in [0.717, 1.165) is 36.7 Å². The Hall–Kier alpha value is -0.710. The molecule has 0 bridgehead atoms. The van der Waals surface area contributed by atoms with Crippen LogP contribution in [0.1, 0.15) is 18.9 Å². The molecule has 0 spiro atoms. The average Bonchev–Trinajstić information content (AvgIpc) is 2.34. The highest BCUT2D eigenvalue weighted by molar-refractivity contribution is 7.95. The average molecular weight is 288 g/mol. The minimum absolute atomic E-state index is 0.251. The van der Waals surface area contributed by atoms with Crippen molar-refractivity contribution in [3.8, 4) is 0 Å². The van der Waals surface area contributed by atoms with Crippen molar-refractivity contribution in [2.24, 2.45) is 0 Å². The second kappa shape index (κ2) is 9.25. The molecule has 0 aliphatic rings. The molecule has 0 saturated carbocycles. The number of nitrogens with one attached hydrogen (secondary N) is 1. The zero-order chi connectivity index (χ0) is 13.2. The fourth-order valence-electron chi connectivity index (χ4n) is 1.47. The number of halogens is 1. The van der Waals surface area contributed by atoms with Crippen LogP contribution in [0, 0.1) is 0 Å². The predicted octanol–water partition coefficient (Wildman–Crippen LogP) is 3.07. The Morgan fingerprint density at radius 1 is 1.39 bits per heavy atom. The maximum atomic E-state index is 10.5. The summed E-state index contributed by atoms with van der Waals surface area (Å²) in [5, 5.41) is 4.13. The van der Waals surface area contributed by atoms with Gasteiger partial charge in [-0.1, -0.05) is 29.8 Å². The first kappa shape index (κ1) is 15.3. The first-order valence-electron chi connectivity index (χ1n) is 5.94. The number of rotatable bonds is 8. The lowest BCUT2D eigenvalue weighted by atomic mass is 10.1. The predicted molar refractivity (Wildman–Crippen MR) is 76.9 cm³/mol. The molecule has 0 aromatic heterocycles. The van der Waals surface area contributed by atoms with E-state index in [-0.39, 0.29) is 5.97 Å². The molecule has 1 N–H and O–H groups in total. The van der Waals surface area contributed by atoms with Crippen molar-refractivity contribution in [3.05, 3.63) is 34.9 Å². The van der Waals surface area contributed by atoms with E-state index < -0.39 is 0 Å². The summed E-state index contributed by atoms with van der Waals surface area (Å²) in [7, 11) is 0. The lowest BCUT2D eigenvalue weighted by Crippen LogP contribution is -2.19. The van der Waals surface area contributed by atoms with Crippen LogP contribution in [0.2, 0.25) is 5.02 Å². The van der Waals surface area contributed by atoms with Crippen molar-refractivity contribution in [3.63, 3.8) is 0 Å². The van der Waals surface area contributed by atoms with Crippen LogP contribution in [0.15, 0.2) is 24.3 Å². The van der Waals surface area contributed by atoms with Crippen LogP contribution in [0.5, 0.6) is 0 Å². The van der Waals surface area contributed by atoms with Gasteiger partial charge in [-0.05, 0) is 31.0 Å². The Kier molecular flexibility index (Phi) is 7.89. The van der Waals surface area contributed by atoms with Gasteiger partial charge in [0, 0.05) is 24.2 Å². The lowest BCUT2D eigenvalue weighted by molar-refractivity contribution is -0.130. The molecular formula is C13H18ClNO2S. The SMILES string of the molecule is CC(=O)OSCCNCCCc1ccccc1Cl. The van der Waals surface area contributed by atoms with E-state index in [1.165, 1.54) is 24.5 Å². The molecule has 1 aromatic rings. The zero-order valence-corrected chi connectivity index (χ0v) is 12.0. The minimum Gasteiger partial charge on any atom is -0.392 e. The molecular weight excluding hydrogens is 270 g/mol. The maximum absolute atomic E-state index is 10.5. The molecule has 0 unspecified atom stereocenters. The Labute approximate surface area is 117 Å². The zero-order valence-electron chi connectivity index (χ0n) is 10.4. The second-order valence-electron chi connectivity index (χ2n) is 3.84. The molecule has 0 radical (unpaired) electrons. The minimum atomic E-state index is -0.251. The van der Waals surface area contributed by atoms with Crippen LogP contribution in [-0.2, 0) is 15.4 Å². The molecule has 5 heteroatoms. The Bertz CT molecular complexity index is 374. The van der Waals surface area contributed by atoms with E-state index in [9.17, 15) is 4.79 Å². The van der Waals surface area contributed by atoms with Gasteiger partial charge in [0.15, 0.2) is 0 Å². The summed E-state index contributed by atoms with van der Waals surface area (Å²) in [6.07, 6.45) is 2.02. The van der Waals surface area contributed by atoms with E-state index in [4.69, 9.17) is 15.8 Å². The van der Waals surface area contributed by atoms with Crippen LogP contribution in [-0.4, -0.2) is 24.8 Å². The molecule has 3 nitrogen and oxygen atoms in total. The maximum Gasteiger partial charge on any atom is 0.314 e. The van der Waals surface area contributed by atoms with Crippen LogP contribution in [0.4, 0.5) is 0 Å². The number of hydrogen-bond donors (Lipinski definition) is 1. The summed E-state index contributed by atoms with van der Waals surface area (Å²) in [5.74, 6) is 0.518. The van der Waals surface area contributed by atoms with E-state index in [1.807, 2.05) is 18.2 Å². The van der Waals surface area contributed by atoms with E-state index in [0.29, 0.717) is 0 Å². The highest BCUT2D eigenvalue weighted by Gasteiger charge is 1.98. The van der Waals surface area contributed by atoms with Crippen LogP contribution in [0.3, 0.4) is 0 Å². The second-order valence-corrected chi connectivity index (χ2v) is 5.06. The summed E-state index contributed by atoms with van der Waals surface area (Å²) >= 11 is 7.25. The molecule has 18 heavy (non-hydrogen) atoms. The van der Waals surface area contributed by atoms with Crippen molar-refractivity contribution in [2.45, 2.75) is 19.8 Å². The van der Waals surface area contributed by atoms with Gasteiger partial charge in [0.2, 0.25) is 0 Å². The fraction of sp³-hybridized carbons (Fsp3) is 0.462. The molecule has 0 aliphatic heterocycles. The van der Waals surface area contributed by atoms with Gasteiger partial charge in [0.25, 0.3) is 0 Å². The summed E-state index contributed by atoms with van der Waals surface area (Å²) < 4.78 is 4.75. The van der Waals surface area contributed by atoms with Crippen molar-refractivity contribution in [1.82, 2.24) is 5.32 Å². The Morgan fingerprint density at radius 2 is 2.17 bits per heavy atom. The molecule has 1 aromatic carbocycles. The summed E-state index contributed by atoms with van der Waals surface area (Å²) in [4.78, 5) is 10.5. The van der Waals surface area contributed by atoms with Gasteiger partial charge in [-0.15, -0.1) is 0 Å². The lowest BCUT2D eigenvalue weighted by Gasteiger charge is -2.05.